The summed E-state index contributed by atoms with van der Waals surface area (Å²) in [5.41, 5.74) is 2.47. The predicted octanol–water partition coefficient (Wildman–Crippen LogP) is 2.61. The van der Waals surface area contributed by atoms with E-state index in [1.807, 2.05) is 14.1 Å². The standard InChI is InChI=1S/C21H35N5O.HI/c1-5-22-21(24-16-18-11-9-17(2)10-12-18)23-13-7-15-26-14-6-8-19(26)20(27)25(3)4;/h9-12,19H,5-8,13-16H2,1-4H3,(H2,22,23,24);1H. The molecular formula is C21H36IN5O. The van der Waals surface area contributed by atoms with Gasteiger partial charge in [-0.1, -0.05) is 29.8 Å². The second-order valence-electron chi connectivity index (χ2n) is 7.39. The van der Waals surface area contributed by atoms with Crippen molar-refractivity contribution in [3.8, 4) is 0 Å². The van der Waals surface area contributed by atoms with Crippen LogP contribution in [0.5, 0.6) is 0 Å². The molecule has 1 unspecified atom stereocenters. The number of hydrogen-bond acceptors (Lipinski definition) is 3. The number of benzene rings is 1. The molecule has 1 amide bonds. The van der Waals surface area contributed by atoms with Gasteiger partial charge < -0.3 is 15.5 Å². The van der Waals surface area contributed by atoms with Crippen LogP contribution in [0.4, 0.5) is 0 Å². The van der Waals surface area contributed by atoms with Crippen molar-refractivity contribution in [1.82, 2.24) is 20.4 Å². The van der Waals surface area contributed by atoms with Crippen LogP contribution in [-0.2, 0) is 11.3 Å². The lowest BCUT2D eigenvalue weighted by molar-refractivity contribution is -0.133. The fourth-order valence-electron chi connectivity index (χ4n) is 3.37. The Hall–Kier alpha value is -1.35. The van der Waals surface area contributed by atoms with E-state index in [4.69, 9.17) is 0 Å². The molecule has 1 saturated heterocycles. The first kappa shape index (κ1) is 24.7. The van der Waals surface area contributed by atoms with Crippen LogP contribution in [0.3, 0.4) is 0 Å². The third kappa shape index (κ3) is 7.95. The van der Waals surface area contributed by atoms with Gasteiger partial charge in [0.2, 0.25) is 5.91 Å². The smallest absolute Gasteiger partial charge is 0.239 e. The SMILES string of the molecule is CCNC(=NCc1ccc(C)cc1)NCCCN1CCCC1C(=O)N(C)C.I. The summed E-state index contributed by atoms with van der Waals surface area (Å²) in [4.78, 5) is 21.0. The first-order chi connectivity index (χ1) is 13.0. The van der Waals surface area contributed by atoms with E-state index < -0.39 is 0 Å². The number of amides is 1. The average Bonchev–Trinajstić information content (AvgIpc) is 3.12. The minimum Gasteiger partial charge on any atom is -0.357 e. The Balaban J connectivity index is 0.00000392. The van der Waals surface area contributed by atoms with Crippen LogP contribution in [0.1, 0.15) is 37.3 Å². The van der Waals surface area contributed by atoms with Gasteiger partial charge in [0.15, 0.2) is 5.96 Å². The van der Waals surface area contributed by atoms with E-state index in [1.54, 1.807) is 4.90 Å². The number of aliphatic imine (C=N–C) groups is 1. The Bertz CT molecular complexity index is 618. The van der Waals surface area contributed by atoms with E-state index in [1.165, 1.54) is 11.1 Å². The predicted molar refractivity (Wildman–Crippen MR) is 127 cm³/mol. The van der Waals surface area contributed by atoms with Crippen LogP contribution in [0, 0.1) is 6.92 Å². The first-order valence-corrected chi connectivity index (χ1v) is 10.0. The Morgan fingerprint density at radius 2 is 1.96 bits per heavy atom. The molecule has 0 spiro atoms. The van der Waals surface area contributed by atoms with Gasteiger partial charge in [0.05, 0.1) is 12.6 Å². The summed E-state index contributed by atoms with van der Waals surface area (Å²) in [6, 6.07) is 8.54. The molecule has 1 heterocycles. The highest BCUT2D eigenvalue weighted by Crippen LogP contribution is 2.18. The van der Waals surface area contributed by atoms with Crippen molar-refractivity contribution in [2.24, 2.45) is 4.99 Å². The van der Waals surface area contributed by atoms with Crippen molar-refractivity contribution in [3.05, 3.63) is 35.4 Å². The molecule has 1 atom stereocenters. The normalized spacial score (nSPS) is 17.1. The van der Waals surface area contributed by atoms with E-state index in [0.29, 0.717) is 6.54 Å². The fraction of sp³-hybridized carbons (Fsp3) is 0.619. The van der Waals surface area contributed by atoms with Crippen molar-refractivity contribution in [1.29, 1.82) is 0 Å². The van der Waals surface area contributed by atoms with E-state index in [-0.39, 0.29) is 35.9 Å². The molecule has 28 heavy (non-hydrogen) atoms. The zero-order valence-electron chi connectivity index (χ0n) is 17.7. The Kier molecular flexibility index (Phi) is 11.4. The maximum absolute atomic E-state index is 12.3. The molecule has 1 aliphatic rings. The van der Waals surface area contributed by atoms with Crippen LogP contribution >= 0.6 is 24.0 Å². The number of likely N-dealkylation sites (tertiary alicyclic amines) is 1. The molecule has 0 saturated carbocycles. The molecule has 2 rings (SSSR count). The largest absolute Gasteiger partial charge is 0.357 e. The summed E-state index contributed by atoms with van der Waals surface area (Å²) >= 11 is 0. The lowest BCUT2D eigenvalue weighted by Crippen LogP contribution is -2.44. The van der Waals surface area contributed by atoms with Crippen molar-refractivity contribution in [3.63, 3.8) is 0 Å². The number of carbonyl (C=O) groups excluding carboxylic acids is 1. The second kappa shape index (κ2) is 13.0. The van der Waals surface area contributed by atoms with Gasteiger partial charge in [0, 0.05) is 33.7 Å². The third-order valence-corrected chi connectivity index (χ3v) is 4.89. The maximum Gasteiger partial charge on any atom is 0.239 e. The number of aryl methyl sites for hydroxylation is 1. The highest BCUT2D eigenvalue weighted by molar-refractivity contribution is 14.0. The minimum atomic E-state index is 0. The quantitative estimate of drug-likeness (QED) is 0.249. The number of rotatable bonds is 8. The van der Waals surface area contributed by atoms with Gasteiger partial charge in [-0.3, -0.25) is 9.69 Å². The van der Waals surface area contributed by atoms with Gasteiger partial charge in [-0.05, 0) is 45.2 Å². The van der Waals surface area contributed by atoms with Gasteiger partial charge in [-0.15, -0.1) is 24.0 Å². The van der Waals surface area contributed by atoms with Crippen LogP contribution in [0.25, 0.3) is 0 Å². The average molecular weight is 501 g/mol. The van der Waals surface area contributed by atoms with Gasteiger partial charge in [-0.25, -0.2) is 4.99 Å². The lowest BCUT2D eigenvalue weighted by atomic mass is 10.1. The highest BCUT2D eigenvalue weighted by Gasteiger charge is 2.30. The topological polar surface area (TPSA) is 60.0 Å². The molecule has 0 aliphatic carbocycles. The second-order valence-corrected chi connectivity index (χ2v) is 7.39. The number of carbonyl (C=O) groups is 1. The van der Waals surface area contributed by atoms with Crippen LogP contribution in [0.2, 0.25) is 0 Å². The zero-order valence-corrected chi connectivity index (χ0v) is 20.0. The van der Waals surface area contributed by atoms with E-state index in [0.717, 1.165) is 51.4 Å². The number of hydrogen-bond donors (Lipinski definition) is 2. The summed E-state index contributed by atoms with van der Waals surface area (Å²) in [6.07, 6.45) is 3.08. The van der Waals surface area contributed by atoms with Gasteiger partial charge in [0.25, 0.3) is 0 Å². The van der Waals surface area contributed by atoms with Crippen molar-refractivity contribution < 1.29 is 4.79 Å². The number of nitrogens with one attached hydrogen (secondary N) is 2. The molecule has 158 valence electrons. The minimum absolute atomic E-state index is 0. The molecule has 0 bridgehead atoms. The summed E-state index contributed by atoms with van der Waals surface area (Å²) in [5, 5.41) is 6.71. The van der Waals surface area contributed by atoms with Crippen LogP contribution < -0.4 is 10.6 Å². The molecule has 2 N–H and O–H groups in total. The molecule has 1 aromatic rings. The van der Waals surface area contributed by atoms with E-state index in [9.17, 15) is 4.79 Å². The first-order valence-electron chi connectivity index (χ1n) is 10.0. The van der Waals surface area contributed by atoms with Gasteiger partial charge in [0.1, 0.15) is 0 Å². The lowest BCUT2D eigenvalue weighted by Gasteiger charge is -2.26. The zero-order chi connectivity index (χ0) is 19.6. The molecule has 1 fully saturated rings. The van der Waals surface area contributed by atoms with Crippen molar-refractivity contribution >= 4 is 35.8 Å². The van der Waals surface area contributed by atoms with Crippen molar-refractivity contribution in [2.45, 2.75) is 45.7 Å². The Labute approximate surface area is 187 Å². The van der Waals surface area contributed by atoms with Gasteiger partial charge in [-0.2, -0.15) is 0 Å². The molecule has 7 heteroatoms. The molecule has 1 aliphatic heterocycles. The summed E-state index contributed by atoms with van der Waals surface area (Å²) in [6.45, 7) is 8.48. The molecular weight excluding hydrogens is 465 g/mol. The number of nitrogens with zero attached hydrogens (tertiary/aromatic N) is 3. The summed E-state index contributed by atoms with van der Waals surface area (Å²) in [5.74, 6) is 1.08. The number of halogens is 1. The monoisotopic (exact) mass is 501 g/mol. The Morgan fingerprint density at radius 3 is 2.61 bits per heavy atom. The summed E-state index contributed by atoms with van der Waals surface area (Å²) < 4.78 is 0. The van der Waals surface area contributed by atoms with Gasteiger partial charge >= 0.3 is 0 Å². The highest BCUT2D eigenvalue weighted by atomic mass is 127. The summed E-state index contributed by atoms with van der Waals surface area (Å²) in [7, 11) is 3.68. The molecule has 6 nitrogen and oxygen atoms in total. The van der Waals surface area contributed by atoms with E-state index in [2.05, 4.69) is 58.6 Å². The third-order valence-electron chi connectivity index (χ3n) is 4.89. The van der Waals surface area contributed by atoms with Crippen LogP contribution in [-0.4, -0.2) is 68.0 Å². The molecule has 1 aromatic carbocycles. The van der Waals surface area contributed by atoms with Crippen LogP contribution in [0.15, 0.2) is 29.3 Å². The number of guanidine groups is 1. The fourth-order valence-corrected chi connectivity index (χ4v) is 3.37. The van der Waals surface area contributed by atoms with Crippen molar-refractivity contribution in [2.75, 3.05) is 40.3 Å². The molecule has 0 radical (unpaired) electrons. The van der Waals surface area contributed by atoms with E-state index >= 15 is 0 Å². The number of likely N-dealkylation sites (N-methyl/N-ethyl adjacent to an activating group) is 1. The molecule has 0 aromatic heterocycles. The maximum atomic E-state index is 12.3. The Morgan fingerprint density at radius 1 is 1.25 bits per heavy atom.